The Kier molecular flexibility index (Phi) is 5.31. The van der Waals surface area contributed by atoms with Crippen molar-refractivity contribution in [3.05, 3.63) is 28.2 Å². The molecule has 1 aromatic carbocycles. The van der Waals surface area contributed by atoms with Gasteiger partial charge in [0.1, 0.15) is 4.99 Å². The van der Waals surface area contributed by atoms with Gasteiger partial charge in [-0.1, -0.05) is 12.2 Å². The number of hydrogen-bond donors (Lipinski definition) is 2. The number of halogens is 1. The minimum absolute atomic E-state index is 0.132. The van der Waals surface area contributed by atoms with Gasteiger partial charge in [0.2, 0.25) is 0 Å². The van der Waals surface area contributed by atoms with Crippen molar-refractivity contribution in [1.29, 1.82) is 0 Å². The predicted octanol–water partition coefficient (Wildman–Crippen LogP) is 2.08. The van der Waals surface area contributed by atoms with Crippen LogP contribution in [0.15, 0.2) is 22.7 Å². The van der Waals surface area contributed by atoms with Gasteiger partial charge in [-0.15, -0.1) is 0 Å². The molecule has 0 aromatic heterocycles. The van der Waals surface area contributed by atoms with E-state index in [9.17, 15) is 8.42 Å². The van der Waals surface area contributed by atoms with E-state index < -0.39 is 10.2 Å². The zero-order valence-electron chi connectivity index (χ0n) is 10.8. The number of benzene rings is 1. The summed E-state index contributed by atoms with van der Waals surface area (Å²) in [6, 6.07) is 4.83. The van der Waals surface area contributed by atoms with Gasteiger partial charge >= 0.3 is 10.2 Å². The van der Waals surface area contributed by atoms with E-state index in [0.29, 0.717) is 15.7 Å². The number of anilines is 1. The first-order valence-electron chi connectivity index (χ1n) is 5.50. The Morgan fingerprint density at radius 1 is 1.47 bits per heavy atom. The van der Waals surface area contributed by atoms with Gasteiger partial charge in [-0.3, -0.25) is 4.72 Å². The van der Waals surface area contributed by atoms with Crippen LogP contribution in [0.2, 0.25) is 0 Å². The zero-order valence-corrected chi connectivity index (χ0v) is 14.1. The fourth-order valence-electron chi connectivity index (χ4n) is 1.24. The summed E-state index contributed by atoms with van der Waals surface area (Å²) in [7, 11) is -2.06. The SMILES string of the molecule is CC(C)N(C)S(=O)(=O)Nc1ccc(C(N)=S)cc1Br. The Bertz CT molecular complexity index is 588. The van der Waals surface area contributed by atoms with Crippen molar-refractivity contribution in [3.8, 4) is 0 Å². The van der Waals surface area contributed by atoms with E-state index >= 15 is 0 Å². The molecule has 0 heterocycles. The third-order valence-electron chi connectivity index (χ3n) is 2.60. The molecule has 106 valence electrons. The lowest BCUT2D eigenvalue weighted by Crippen LogP contribution is -2.37. The third kappa shape index (κ3) is 4.13. The van der Waals surface area contributed by atoms with Crippen LogP contribution in [-0.2, 0) is 10.2 Å². The number of nitrogens with two attached hydrogens (primary N) is 1. The first-order valence-corrected chi connectivity index (χ1v) is 8.14. The monoisotopic (exact) mass is 365 g/mol. The summed E-state index contributed by atoms with van der Waals surface area (Å²) in [5.41, 5.74) is 6.62. The van der Waals surface area contributed by atoms with E-state index in [1.807, 2.05) is 0 Å². The zero-order chi connectivity index (χ0) is 14.8. The highest BCUT2D eigenvalue weighted by atomic mass is 79.9. The lowest BCUT2D eigenvalue weighted by molar-refractivity contribution is 0.414. The Morgan fingerprint density at radius 3 is 2.47 bits per heavy atom. The summed E-state index contributed by atoms with van der Waals surface area (Å²) in [6.45, 7) is 3.59. The Balaban J connectivity index is 3.04. The molecule has 0 unspecified atom stereocenters. The van der Waals surface area contributed by atoms with Crippen LogP contribution in [0.5, 0.6) is 0 Å². The Labute approximate surface area is 127 Å². The predicted molar refractivity (Wildman–Crippen MR) is 85.5 cm³/mol. The lowest BCUT2D eigenvalue weighted by atomic mass is 10.2. The highest BCUT2D eigenvalue weighted by Crippen LogP contribution is 2.25. The summed E-state index contributed by atoms with van der Waals surface area (Å²) in [5, 5.41) is 0. The van der Waals surface area contributed by atoms with E-state index in [-0.39, 0.29) is 11.0 Å². The summed E-state index contributed by atoms with van der Waals surface area (Å²) in [6.07, 6.45) is 0. The minimum Gasteiger partial charge on any atom is -0.389 e. The van der Waals surface area contributed by atoms with Gasteiger partial charge in [0.15, 0.2) is 0 Å². The van der Waals surface area contributed by atoms with Crippen LogP contribution in [0.3, 0.4) is 0 Å². The minimum atomic E-state index is -3.58. The molecule has 5 nitrogen and oxygen atoms in total. The molecule has 19 heavy (non-hydrogen) atoms. The summed E-state index contributed by atoms with van der Waals surface area (Å²) in [4.78, 5) is 0.259. The van der Waals surface area contributed by atoms with E-state index in [0.717, 1.165) is 0 Å². The molecule has 0 bridgehead atoms. The molecule has 0 aliphatic carbocycles. The molecule has 0 fully saturated rings. The molecule has 0 radical (unpaired) electrons. The first-order chi connectivity index (χ1) is 8.65. The molecule has 0 aliphatic heterocycles. The van der Waals surface area contributed by atoms with Gasteiger partial charge in [-0.2, -0.15) is 12.7 Å². The van der Waals surface area contributed by atoms with Gasteiger partial charge in [0.25, 0.3) is 0 Å². The fourth-order valence-corrected chi connectivity index (χ4v) is 3.13. The highest BCUT2D eigenvalue weighted by molar-refractivity contribution is 9.10. The summed E-state index contributed by atoms with van der Waals surface area (Å²) < 4.78 is 28.4. The average molecular weight is 366 g/mol. The van der Waals surface area contributed by atoms with Crippen LogP contribution < -0.4 is 10.5 Å². The number of thiocarbonyl (C=S) groups is 1. The first kappa shape index (κ1) is 16.4. The molecule has 0 saturated carbocycles. The molecule has 0 amide bonds. The Morgan fingerprint density at radius 2 is 2.05 bits per heavy atom. The Hall–Kier alpha value is -0.700. The normalized spacial score (nSPS) is 11.9. The van der Waals surface area contributed by atoms with Gasteiger partial charge in [0.05, 0.1) is 5.69 Å². The van der Waals surface area contributed by atoms with Crippen molar-refractivity contribution in [2.75, 3.05) is 11.8 Å². The number of nitrogens with zero attached hydrogens (tertiary/aromatic N) is 1. The van der Waals surface area contributed by atoms with Crippen LogP contribution in [0, 0.1) is 0 Å². The summed E-state index contributed by atoms with van der Waals surface area (Å²) in [5.74, 6) is 0. The smallest absolute Gasteiger partial charge is 0.301 e. The molecule has 8 heteroatoms. The molecule has 1 aromatic rings. The van der Waals surface area contributed by atoms with Crippen molar-refractivity contribution >= 4 is 49.0 Å². The molecule has 0 atom stereocenters. The largest absolute Gasteiger partial charge is 0.389 e. The molecule has 1 rings (SSSR count). The van der Waals surface area contributed by atoms with Crippen molar-refractivity contribution in [2.45, 2.75) is 19.9 Å². The van der Waals surface area contributed by atoms with Crippen molar-refractivity contribution in [2.24, 2.45) is 5.73 Å². The van der Waals surface area contributed by atoms with Gasteiger partial charge in [-0.05, 0) is 48.0 Å². The second-order valence-electron chi connectivity index (χ2n) is 4.28. The lowest BCUT2D eigenvalue weighted by Gasteiger charge is -2.22. The topological polar surface area (TPSA) is 75.4 Å². The average Bonchev–Trinajstić information content (AvgIpc) is 2.30. The molecule has 0 spiro atoms. The van der Waals surface area contributed by atoms with Gasteiger partial charge in [0, 0.05) is 23.1 Å². The second kappa shape index (κ2) is 6.17. The molecule has 0 aliphatic rings. The van der Waals surface area contributed by atoms with Crippen molar-refractivity contribution in [3.63, 3.8) is 0 Å². The highest BCUT2D eigenvalue weighted by Gasteiger charge is 2.21. The van der Waals surface area contributed by atoms with Crippen LogP contribution >= 0.6 is 28.1 Å². The summed E-state index contributed by atoms with van der Waals surface area (Å²) >= 11 is 8.15. The molecular weight excluding hydrogens is 350 g/mol. The maximum atomic E-state index is 12.1. The second-order valence-corrected chi connectivity index (χ2v) is 7.30. The van der Waals surface area contributed by atoms with Crippen LogP contribution in [0.1, 0.15) is 19.4 Å². The van der Waals surface area contributed by atoms with E-state index in [1.54, 1.807) is 32.0 Å². The van der Waals surface area contributed by atoms with Gasteiger partial charge < -0.3 is 5.73 Å². The fraction of sp³-hybridized carbons (Fsp3) is 0.364. The van der Waals surface area contributed by atoms with E-state index in [4.69, 9.17) is 18.0 Å². The molecule has 0 saturated heterocycles. The van der Waals surface area contributed by atoms with E-state index in [1.165, 1.54) is 11.4 Å². The molecular formula is C11H16BrN3O2S2. The maximum absolute atomic E-state index is 12.1. The number of rotatable bonds is 5. The quantitative estimate of drug-likeness (QED) is 0.783. The number of nitrogens with one attached hydrogen (secondary N) is 1. The molecule has 3 N–H and O–H groups in total. The van der Waals surface area contributed by atoms with Crippen LogP contribution in [-0.4, -0.2) is 30.8 Å². The van der Waals surface area contributed by atoms with Gasteiger partial charge in [-0.25, -0.2) is 0 Å². The standard InChI is InChI=1S/C11H16BrN3O2S2/c1-7(2)15(3)19(16,17)14-10-5-4-8(11(13)18)6-9(10)12/h4-7,14H,1-3H3,(H2,13,18). The van der Waals surface area contributed by atoms with Crippen molar-refractivity contribution in [1.82, 2.24) is 4.31 Å². The third-order valence-corrected chi connectivity index (χ3v) is 5.15. The van der Waals surface area contributed by atoms with Crippen LogP contribution in [0.25, 0.3) is 0 Å². The van der Waals surface area contributed by atoms with Crippen LogP contribution in [0.4, 0.5) is 5.69 Å². The number of hydrogen-bond acceptors (Lipinski definition) is 3. The maximum Gasteiger partial charge on any atom is 0.301 e. The van der Waals surface area contributed by atoms with Crippen molar-refractivity contribution < 1.29 is 8.42 Å². The van der Waals surface area contributed by atoms with E-state index in [2.05, 4.69) is 20.7 Å².